The third kappa shape index (κ3) is 1.31. The lowest BCUT2D eigenvalue weighted by Crippen LogP contribution is -1.88. The molecule has 0 N–H and O–H groups in total. The Morgan fingerprint density at radius 3 is 2.17 bits per heavy atom. The summed E-state index contributed by atoms with van der Waals surface area (Å²) < 4.78 is 1.82. The highest BCUT2D eigenvalue weighted by Gasteiger charge is 1.94. The van der Waals surface area contributed by atoms with Crippen LogP contribution in [0.25, 0.3) is 5.69 Å². The van der Waals surface area contributed by atoms with Gasteiger partial charge < -0.3 is 0 Å². The zero-order chi connectivity index (χ0) is 8.39. The molecular formula is C8H6ClN3. The summed E-state index contributed by atoms with van der Waals surface area (Å²) in [6.07, 6.45) is 3.28. The zero-order valence-electron chi connectivity index (χ0n) is 6.18. The van der Waals surface area contributed by atoms with Gasteiger partial charge in [-0.1, -0.05) is 11.6 Å². The highest BCUT2D eigenvalue weighted by Crippen LogP contribution is 2.11. The van der Waals surface area contributed by atoms with Gasteiger partial charge in [-0.25, -0.2) is 0 Å². The highest BCUT2D eigenvalue weighted by atomic mass is 35.5. The van der Waals surface area contributed by atoms with E-state index in [0.29, 0.717) is 0 Å². The smallest absolute Gasteiger partial charge is 0.123 e. The summed E-state index contributed by atoms with van der Waals surface area (Å²) in [5.41, 5.74) is 1.00. The fraction of sp³-hybridized carbons (Fsp3) is 0. The fourth-order valence-electron chi connectivity index (χ4n) is 0.947. The summed E-state index contributed by atoms with van der Waals surface area (Å²) in [5.74, 6) is 0. The third-order valence-electron chi connectivity index (χ3n) is 1.54. The Bertz CT molecular complexity index is 352. The van der Waals surface area contributed by atoms with Gasteiger partial charge in [0.2, 0.25) is 0 Å². The Labute approximate surface area is 74.6 Å². The maximum absolute atomic E-state index is 5.73. The molecule has 1 aromatic carbocycles. The van der Waals surface area contributed by atoms with E-state index in [1.165, 1.54) is 0 Å². The molecule has 0 aliphatic heterocycles. The van der Waals surface area contributed by atoms with Crippen LogP contribution in [0.5, 0.6) is 0 Å². The minimum absolute atomic E-state index is 0.729. The average molecular weight is 180 g/mol. The number of halogens is 1. The molecule has 0 atom stereocenters. The first-order chi connectivity index (χ1) is 5.86. The molecule has 60 valence electrons. The van der Waals surface area contributed by atoms with Crippen LogP contribution >= 0.6 is 11.6 Å². The third-order valence-corrected chi connectivity index (χ3v) is 1.80. The molecule has 2 aromatic rings. The van der Waals surface area contributed by atoms with E-state index in [1.54, 1.807) is 12.7 Å². The molecule has 0 spiro atoms. The Morgan fingerprint density at radius 2 is 1.58 bits per heavy atom. The van der Waals surface area contributed by atoms with Crippen LogP contribution in [-0.4, -0.2) is 14.8 Å². The Kier molecular flexibility index (Phi) is 1.80. The molecule has 0 amide bonds. The SMILES string of the molecule is Clc1ccc(-n2cnnc2)cc1. The van der Waals surface area contributed by atoms with Crippen molar-refractivity contribution in [1.82, 2.24) is 14.8 Å². The summed E-state index contributed by atoms with van der Waals surface area (Å²) in [6, 6.07) is 7.48. The van der Waals surface area contributed by atoms with Crippen LogP contribution in [0.4, 0.5) is 0 Å². The van der Waals surface area contributed by atoms with E-state index in [9.17, 15) is 0 Å². The van der Waals surface area contributed by atoms with Gasteiger partial charge in [0.05, 0.1) is 0 Å². The van der Waals surface area contributed by atoms with E-state index in [-0.39, 0.29) is 0 Å². The van der Waals surface area contributed by atoms with Gasteiger partial charge in [-0.3, -0.25) is 4.57 Å². The van der Waals surface area contributed by atoms with Gasteiger partial charge in [0.15, 0.2) is 0 Å². The molecule has 0 saturated heterocycles. The molecule has 1 aromatic heterocycles. The minimum Gasteiger partial charge on any atom is -0.288 e. The van der Waals surface area contributed by atoms with E-state index in [2.05, 4.69) is 10.2 Å². The first-order valence-electron chi connectivity index (χ1n) is 3.47. The van der Waals surface area contributed by atoms with Crippen LogP contribution in [0.1, 0.15) is 0 Å². The van der Waals surface area contributed by atoms with Crippen molar-refractivity contribution in [2.45, 2.75) is 0 Å². The van der Waals surface area contributed by atoms with Gasteiger partial charge in [-0.15, -0.1) is 10.2 Å². The molecule has 0 unspecified atom stereocenters. The van der Waals surface area contributed by atoms with Crippen LogP contribution in [0.3, 0.4) is 0 Å². The Morgan fingerprint density at radius 1 is 1.00 bits per heavy atom. The van der Waals surface area contributed by atoms with Crippen LogP contribution < -0.4 is 0 Å². The van der Waals surface area contributed by atoms with Crippen molar-refractivity contribution in [3.05, 3.63) is 41.9 Å². The fourth-order valence-corrected chi connectivity index (χ4v) is 1.07. The van der Waals surface area contributed by atoms with Gasteiger partial charge in [0.25, 0.3) is 0 Å². The van der Waals surface area contributed by atoms with Crippen LogP contribution in [0.15, 0.2) is 36.9 Å². The van der Waals surface area contributed by atoms with E-state index < -0.39 is 0 Å². The number of benzene rings is 1. The predicted molar refractivity (Wildman–Crippen MR) is 46.4 cm³/mol. The standard InChI is InChI=1S/C8H6ClN3/c9-7-1-3-8(4-2-7)12-5-10-11-6-12/h1-6H. The lowest BCUT2D eigenvalue weighted by atomic mass is 10.3. The van der Waals surface area contributed by atoms with Crippen molar-refractivity contribution < 1.29 is 0 Å². The van der Waals surface area contributed by atoms with Crippen molar-refractivity contribution >= 4 is 11.6 Å². The molecule has 0 aliphatic carbocycles. The number of aromatic nitrogens is 3. The maximum atomic E-state index is 5.73. The molecule has 0 aliphatic rings. The monoisotopic (exact) mass is 179 g/mol. The van der Waals surface area contributed by atoms with E-state index in [0.717, 1.165) is 10.7 Å². The summed E-state index contributed by atoms with van der Waals surface area (Å²) in [5, 5.41) is 8.13. The molecule has 0 fully saturated rings. The van der Waals surface area contributed by atoms with Crippen molar-refractivity contribution in [2.75, 3.05) is 0 Å². The summed E-state index contributed by atoms with van der Waals surface area (Å²) in [6.45, 7) is 0. The Hall–Kier alpha value is -1.35. The molecule has 4 heteroatoms. The van der Waals surface area contributed by atoms with Crippen molar-refractivity contribution in [3.63, 3.8) is 0 Å². The average Bonchev–Trinajstić information content (AvgIpc) is 2.58. The quantitative estimate of drug-likeness (QED) is 0.670. The number of rotatable bonds is 1. The summed E-state index contributed by atoms with van der Waals surface area (Å²) >= 11 is 5.73. The molecule has 0 bridgehead atoms. The van der Waals surface area contributed by atoms with Gasteiger partial charge in [-0.05, 0) is 24.3 Å². The molecule has 2 rings (SSSR count). The van der Waals surface area contributed by atoms with E-state index in [4.69, 9.17) is 11.6 Å². The molecule has 0 saturated carbocycles. The van der Waals surface area contributed by atoms with Crippen LogP contribution in [-0.2, 0) is 0 Å². The zero-order valence-corrected chi connectivity index (χ0v) is 6.94. The summed E-state index contributed by atoms with van der Waals surface area (Å²) in [4.78, 5) is 0. The lowest BCUT2D eigenvalue weighted by molar-refractivity contribution is 1.06. The van der Waals surface area contributed by atoms with Gasteiger partial charge in [0.1, 0.15) is 12.7 Å². The van der Waals surface area contributed by atoms with Crippen LogP contribution in [0.2, 0.25) is 5.02 Å². The summed E-state index contributed by atoms with van der Waals surface area (Å²) in [7, 11) is 0. The normalized spacial score (nSPS) is 10.1. The number of hydrogen-bond donors (Lipinski definition) is 0. The van der Waals surface area contributed by atoms with Gasteiger partial charge in [-0.2, -0.15) is 0 Å². The second-order valence-corrected chi connectivity index (χ2v) is 2.78. The first-order valence-corrected chi connectivity index (χ1v) is 3.84. The van der Waals surface area contributed by atoms with E-state index >= 15 is 0 Å². The number of hydrogen-bond acceptors (Lipinski definition) is 2. The maximum Gasteiger partial charge on any atom is 0.123 e. The molecule has 3 nitrogen and oxygen atoms in total. The van der Waals surface area contributed by atoms with Crippen molar-refractivity contribution in [2.24, 2.45) is 0 Å². The molecule has 1 heterocycles. The lowest BCUT2D eigenvalue weighted by Gasteiger charge is -1.98. The minimum atomic E-state index is 0.729. The molecule has 12 heavy (non-hydrogen) atoms. The van der Waals surface area contributed by atoms with Gasteiger partial charge >= 0.3 is 0 Å². The van der Waals surface area contributed by atoms with Crippen molar-refractivity contribution in [3.8, 4) is 5.69 Å². The number of nitrogens with zero attached hydrogens (tertiary/aromatic N) is 3. The Balaban J connectivity index is 2.43. The first kappa shape index (κ1) is 7.31. The second-order valence-electron chi connectivity index (χ2n) is 2.35. The van der Waals surface area contributed by atoms with Crippen molar-refractivity contribution in [1.29, 1.82) is 0 Å². The highest BCUT2D eigenvalue weighted by molar-refractivity contribution is 6.30. The molecular weight excluding hydrogens is 174 g/mol. The molecule has 0 radical (unpaired) electrons. The van der Waals surface area contributed by atoms with Crippen LogP contribution in [0, 0.1) is 0 Å². The topological polar surface area (TPSA) is 30.7 Å². The predicted octanol–water partition coefficient (Wildman–Crippen LogP) is 1.92. The second kappa shape index (κ2) is 2.95. The van der Waals surface area contributed by atoms with Gasteiger partial charge in [0, 0.05) is 10.7 Å². The van der Waals surface area contributed by atoms with E-state index in [1.807, 2.05) is 28.8 Å². The largest absolute Gasteiger partial charge is 0.288 e.